The average Bonchev–Trinajstić information content (AvgIpc) is 2.87. The second kappa shape index (κ2) is 9.06. The van der Waals surface area contributed by atoms with Gasteiger partial charge in [-0.1, -0.05) is 30.3 Å². The van der Waals surface area contributed by atoms with Gasteiger partial charge in [-0.05, 0) is 35.9 Å². The number of carbonyl (C=O) groups excluding carboxylic acids is 2. The summed E-state index contributed by atoms with van der Waals surface area (Å²) in [6.07, 6.45) is 1.31. The molecule has 0 N–H and O–H groups in total. The van der Waals surface area contributed by atoms with Crippen LogP contribution in [-0.4, -0.2) is 25.7 Å². The quantitative estimate of drug-likeness (QED) is 0.309. The second-order valence-corrected chi connectivity index (χ2v) is 7.97. The van der Waals surface area contributed by atoms with E-state index in [2.05, 4.69) is 4.74 Å². The normalized spacial score (nSPS) is 14.8. The maximum absolute atomic E-state index is 13.4. The predicted octanol–water partition coefficient (Wildman–Crippen LogP) is 4.59. The SMILES string of the molecule is COC(=O)COc1ccccc1C1CC(=O)Oc2ccc3c(=O)c(-c4ccc(F)cc4)coc3c21. The van der Waals surface area contributed by atoms with Crippen LogP contribution in [-0.2, 0) is 14.3 Å². The highest BCUT2D eigenvalue weighted by Gasteiger charge is 2.34. The largest absolute Gasteiger partial charge is 0.482 e. The molecule has 8 heteroatoms. The van der Waals surface area contributed by atoms with Crippen molar-refractivity contribution in [2.24, 2.45) is 0 Å². The lowest BCUT2D eigenvalue weighted by Gasteiger charge is -2.26. The Kier molecular flexibility index (Phi) is 5.78. The van der Waals surface area contributed by atoms with Gasteiger partial charge in [0.05, 0.1) is 24.5 Å². The van der Waals surface area contributed by atoms with Gasteiger partial charge in [-0.15, -0.1) is 0 Å². The molecule has 0 spiro atoms. The smallest absolute Gasteiger partial charge is 0.343 e. The van der Waals surface area contributed by atoms with Gasteiger partial charge in [-0.2, -0.15) is 0 Å². The van der Waals surface area contributed by atoms with E-state index < -0.39 is 23.7 Å². The molecule has 35 heavy (non-hydrogen) atoms. The summed E-state index contributed by atoms with van der Waals surface area (Å²) in [4.78, 5) is 37.4. The van der Waals surface area contributed by atoms with Gasteiger partial charge < -0.3 is 18.6 Å². The van der Waals surface area contributed by atoms with Crippen molar-refractivity contribution >= 4 is 22.9 Å². The van der Waals surface area contributed by atoms with Gasteiger partial charge in [0, 0.05) is 17.0 Å². The molecule has 4 aromatic rings. The Balaban J connectivity index is 1.66. The number of ether oxygens (including phenoxy) is 3. The number of benzene rings is 3. The maximum atomic E-state index is 13.4. The number of carbonyl (C=O) groups is 2. The standard InChI is InChI=1S/C27H19FO7/c1-32-24(30)14-33-21-5-3-2-4-17(21)19-12-23(29)35-22-11-10-18-26(31)20(13-34-27(18)25(19)22)15-6-8-16(28)9-7-15/h2-11,13,19H,12,14H2,1H3. The summed E-state index contributed by atoms with van der Waals surface area (Å²) in [5.41, 5.74) is 1.93. The molecule has 0 amide bonds. The van der Waals surface area contributed by atoms with Crippen LogP contribution in [0, 0.1) is 5.82 Å². The minimum atomic E-state index is -0.552. The Labute approximate surface area is 198 Å². The van der Waals surface area contributed by atoms with Crippen molar-refractivity contribution in [3.63, 3.8) is 0 Å². The fourth-order valence-corrected chi connectivity index (χ4v) is 4.25. The number of methoxy groups -OCH3 is 1. The molecule has 1 aliphatic rings. The Hall–Kier alpha value is -4.46. The van der Waals surface area contributed by atoms with Gasteiger partial charge >= 0.3 is 11.9 Å². The van der Waals surface area contributed by atoms with Crippen LogP contribution in [0.4, 0.5) is 4.39 Å². The third kappa shape index (κ3) is 4.14. The third-order valence-electron chi connectivity index (χ3n) is 5.91. The zero-order chi connectivity index (χ0) is 24.5. The highest BCUT2D eigenvalue weighted by Crippen LogP contribution is 2.45. The van der Waals surface area contributed by atoms with Gasteiger partial charge in [0.1, 0.15) is 29.2 Å². The lowest BCUT2D eigenvalue weighted by Crippen LogP contribution is -2.23. The summed E-state index contributed by atoms with van der Waals surface area (Å²) in [6, 6.07) is 15.7. The zero-order valence-electron chi connectivity index (χ0n) is 18.6. The van der Waals surface area contributed by atoms with E-state index in [-0.39, 0.29) is 35.4 Å². The first kappa shape index (κ1) is 22.3. The molecule has 7 nitrogen and oxygen atoms in total. The molecule has 176 valence electrons. The Morgan fingerprint density at radius 3 is 2.60 bits per heavy atom. The van der Waals surface area contributed by atoms with E-state index in [0.29, 0.717) is 27.8 Å². The van der Waals surface area contributed by atoms with Crippen LogP contribution in [0.5, 0.6) is 11.5 Å². The van der Waals surface area contributed by atoms with Gasteiger partial charge in [0.15, 0.2) is 6.61 Å². The van der Waals surface area contributed by atoms with Crippen molar-refractivity contribution < 1.29 is 32.6 Å². The maximum Gasteiger partial charge on any atom is 0.343 e. The monoisotopic (exact) mass is 474 g/mol. The van der Waals surface area contributed by atoms with E-state index in [4.69, 9.17) is 13.9 Å². The number of hydrogen-bond acceptors (Lipinski definition) is 7. The molecule has 1 atom stereocenters. The van der Waals surface area contributed by atoms with E-state index in [9.17, 15) is 18.8 Å². The summed E-state index contributed by atoms with van der Waals surface area (Å²) in [6.45, 7) is -0.302. The summed E-state index contributed by atoms with van der Waals surface area (Å²) in [5, 5.41) is 0.293. The number of fused-ring (bicyclic) bond motifs is 3. The lowest BCUT2D eigenvalue weighted by molar-refractivity contribution is -0.143. The summed E-state index contributed by atoms with van der Waals surface area (Å²) < 4.78 is 35.1. The van der Waals surface area contributed by atoms with Crippen molar-refractivity contribution in [3.05, 3.63) is 94.1 Å². The first-order valence-corrected chi connectivity index (χ1v) is 10.8. The fraction of sp³-hybridized carbons (Fsp3) is 0.148. The number of para-hydroxylation sites is 1. The van der Waals surface area contributed by atoms with E-state index in [1.54, 1.807) is 36.4 Å². The zero-order valence-corrected chi connectivity index (χ0v) is 18.6. The molecule has 0 saturated carbocycles. The van der Waals surface area contributed by atoms with Gasteiger partial charge in [0.2, 0.25) is 5.43 Å². The second-order valence-electron chi connectivity index (χ2n) is 7.97. The number of rotatable bonds is 5. The Bertz CT molecular complexity index is 1500. The minimum Gasteiger partial charge on any atom is -0.482 e. The van der Waals surface area contributed by atoms with Crippen LogP contribution in [0.25, 0.3) is 22.1 Å². The minimum absolute atomic E-state index is 0.0197. The van der Waals surface area contributed by atoms with Crippen molar-refractivity contribution in [1.82, 2.24) is 0 Å². The molecule has 0 fully saturated rings. The Morgan fingerprint density at radius 1 is 1.06 bits per heavy atom. The van der Waals surface area contributed by atoms with Gasteiger partial charge in [-0.3, -0.25) is 9.59 Å². The first-order chi connectivity index (χ1) is 17.0. The summed E-state index contributed by atoms with van der Waals surface area (Å²) in [5.74, 6) is -1.29. The van der Waals surface area contributed by atoms with Gasteiger partial charge in [0.25, 0.3) is 0 Å². The molecule has 0 aliphatic carbocycles. The van der Waals surface area contributed by atoms with E-state index in [1.807, 2.05) is 0 Å². The topological polar surface area (TPSA) is 92.0 Å². The van der Waals surface area contributed by atoms with Crippen LogP contribution in [0.2, 0.25) is 0 Å². The molecule has 0 saturated heterocycles. The van der Waals surface area contributed by atoms with Crippen LogP contribution in [0.3, 0.4) is 0 Å². The van der Waals surface area contributed by atoms with E-state index >= 15 is 0 Å². The van der Waals surface area contributed by atoms with Crippen molar-refractivity contribution in [2.75, 3.05) is 13.7 Å². The third-order valence-corrected chi connectivity index (χ3v) is 5.91. The fourth-order valence-electron chi connectivity index (χ4n) is 4.25. The Morgan fingerprint density at radius 2 is 1.83 bits per heavy atom. The molecule has 3 aromatic carbocycles. The van der Waals surface area contributed by atoms with Crippen molar-refractivity contribution in [3.8, 4) is 22.6 Å². The highest BCUT2D eigenvalue weighted by atomic mass is 19.1. The molecule has 5 rings (SSSR count). The summed E-state index contributed by atoms with van der Waals surface area (Å²) in [7, 11) is 1.26. The van der Waals surface area contributed by atoms with Gasteiger partial charge in [-0.25, -0.2) is 9.18 Å². The lowest BCUT2D eigenvalue weighted by atomic mass is 9.84. The molecule has 2 heterocycles. The van der Waals surface area contributed by atoms with E-state index in [1.165, 1.54) is 37.6 Å². The van der Waals surface area contributed by atoms with Crippen LogP contribution >= 0.6 is 0 Å². The molecule has 0 radical (unpaired) electrons. The van der Waals surface area contributed by atoms with E-state index in [0.717, 1.165) is 0 Å². The van der Waals surface area contributed by atoms with Crippen LogP contribution in [0.15, 0.2) is 76.1 Å². The molecule has 1 aromatic heterocycles. The number of halogens is 1. The summed E-state index contributed by atoms with van der Waals surface area (Å²) >= 11 is 0. The molecule has 1 aliphatic heterocycles. The van der Waals surface area contributed by atoms with Crippen LogP contribution in [0.1, 0.15) is 23.5 Å². The number of esters is 2. The van der Waals surface area contributed by atoms with Crippen molar-refractivity contribution in [1.29, 1.82) is 0 Å². The number of hydrogen-bond donors (Lipinski definition) is 0. The molecular formula is C27H19FO7. The average molecular weight is 474 g/mol. The van der Waals surface area contributed by atoms with Crippen molar-refractivity contribution in [2.45, 2.75) is 12.3 Å². The predicted molar refractivity (Wildman–Crippen MR) is 124 cm³/mol. The molecule has 0 bridgehead atoms. The highest BCUT2D eigenvalue weighted by molar-refractivity contribution is 5.90. The molecule has 1 unspecified atom stereocenters. The van der Waals surface area contributed by atoms with Crippen LogP contribution < -0.4 is 14.9 Å². The first-order valence-electron chi connectivity index (χ1n) is 10.8. The molecular weight excluding hydrogens is 455 g/mol.